The first-order valence-electron chi connectivity index (χ1n) is 8.95. The van der Waals surface area contributed by atoms with Crippen LogP contribution in [-0.2, 0) is 20.0 Å². The summed E-state index contributed by atoms with van der Waals surface area (Å²) in [5.74, 6) is 0.570. The number of amides is 1. The third-order valence-electron chi connectivity index (χ3n) is 5.49. The Kier molecular flexibility index (Phi) is 4.24. The van der Waals surface area contributed by atoms with Crippen molar-refractivity contribution < 1.29 is 17.9 Å². The lowest BCUT2D eigenvalue weighted by atomic mass is 9.74. The van der Waals surface area contributed by atoms with Crippen LogP contribution in [0.25, 0.3) is 0 Å². The number of anilines is 1. The number of hydrogen-bond donors (Lipinski definition) is 2. The van der Waals surface area contributed by atoms with Crippen LogP contribution in [0.5, 0.6) is 5.75 Å². The lowest BCUT2D eigenvalue weighted by Crippen LogP contribution is -2.49. The Labute approximate surface area is 158 Å². The standard InChI is InChI=1S/C20H22N2O4S/c1-13(23)22-14-3-5-15(6-4-14)27(24,25)16-7-8-18-17(11-16)20(2)9-10-21-12-19(20)26-18/h3-8,11,19,21H,9-10,12H2,1-2H3,(H,22,23). The molecule has 4 rings (SSSR count). The van der Waals surface area contributed by atoms with Crippen molar-refractivity contribution in [2.24, 2.45) is 0 Å². The number of nitrogens with one attached hydrogen (secondary N) is 2. The highest BCUT2D eigenvalue weighted by Gasteiger charge is 2.47. The largest absolute Gasteiger partial charge is 0.488 e. The van der Waals surface area contributed by atoms with Gasteiger partial charge in [-0.3, -0.25) is 4.79 Å². The van der Waals surface area contributed by atoms with E-state index in [9.17, 15) is 13.2 Å². The molecule has 6 nitrogen and oxygen atoms in total. The second-order valence-electron chi connectivity index (χ2n) is 7.35. The molecule has 2 aromatic carbocycles. The van der Waals surface area contributed by atoms with Crippen LogP contribution in [0.3, 0.4) is 0 Å². The molecule has 0 aromatic heterocycles. The molecule has 2 atom stereocenters. The molecule has 27 heavy (non-hydrogen) atoms. The molecule has 1 saturated heterocycles. The maximum atomic E-state index is 13.1. The maximum Gasteiger partial charge on any atom is 0.221 e. The van der Waals surface area contributed by atoms with Crippen molar-refractivity contribution in [3.63, 3.8) is 0 Å². The smallest absolute Gasteiger partial charge is 0.221 e. The van der Waals surface area contributed by atoms with E-state index in [1.165, 1.54) is 19.1 Å². The first-order chi connectivity index (χ1) is 12.8. The van der Waals surface area contributed by atoms with Crippen LogP contribution in [0, 0.1) is 0 Å². The monoisotopic (exact) mass is 386 g/mol. The molecule has 2 aliphatic heterocycles. The Bertz CT molecular complexity index is 1000. The number of rotatable bonds is 3. The van der Waals surface area contributed by atoms with Crippen molar-refractivity contribution in [3.8, 4) is 5.75 Å². The highest BCUT2D eigenvalue weighted by atomic mass is 32.2. The van der Waals surface area contributed by atoms with Gasteiger partial charge >= 0.3 is 0 Å². The third-order valence-corrected chi connectivity index (χ3v) is 7.26. The fourth-order valence-corrected chi connectivity index (χ4v) is 5.17. The highest BCUT2D eigenvalue weighted by molar-refractivity contribution is 7.91. The topological polar surface area (TPSA) is 84.5 Å². The van der Waals surface area contributed by atoms with E-state index in [1.807, 2.05) is 0 Å². The van der Waals surface area contributed by atoms with Gasteiger partial charge in [0.25, 0.3) is 0 Å². The summed E-state index contributed by atoms with van der Waals surface area (Å²) >= 11 is 0. The lowest BCUT2D eigenvalue weighted by Gasteiger charge is -2.35. The highest BCUT2D eigenvalue weighted by Crippen LogP contribution is 2.47. The van der Waals surface area contributed by atoms with Gasteiger partial charge in [-0.2, -0.15) is 0 Å². The first-order valence-corrected chi connectivity index (χ1v) is 10.4. The Balaban J connectivity index is 1.70. The Morgan fingerprint density at radius 3 is 2.59 bits per heavy atom. The molecule has 2 aliphatic rings. The summed E-state index contributed by atoms with van der Waals surface area (Å²) in [4.78, 5) is 11.6. The molecule has 2 heterocycles. The third kappa shape index (κ3) is 3.00. The zero-order valence-corrected chi connectivity index (χ0v) is 16.1. The molecule has 7 heteroatoms. The van der Waals surface area contributed by atoms with E-state index in [4.69, 9.17) is 4.74 Å². The van der Waals surface area contributed by atoms with E-state index >= 15 is 0 Å². The summed E-state index contributed by atoms with van der Waals surface area (Å²) in [5.41, 5.74) is 1.35. The average Bonchev–Trinajstić information content (AvgIpc) is 2.93. The molecule has 1 fully saturated rings. The van der Waals surface area contributed by atoms with Crippen molar-refractivity contribution in [2.75, 3.05) is 18.4 Å². The number of carbonyl (C=O) groups excluding carboxylic acids is 1. The molecular formula is C20H22N2O4S. The Morgan fingerprint density at radius 1 is 1.19 bits per heavy atom. The summed E-state index contributed by atoms with van der Waals surface area (Å²) in [7, 11) is -3.65. The number of sulfone groups is 1. The minimum atomic E-state index is -3.65. The number of fused-ring (bicyclic) bond motifs is 3. The van der Waals surface area contributed by atoms with Crippen LogP contribution in [0.2, 0.25) is 0 Å². The van der Waals surface area contributed by atoms with Crippen molar-refractivity contribution in [1.29, 1.82) is 0 Å². The SMILES string of the molecule is CC(=O)Nc1ccc(S(=O)(=O)c2ccc3c(c2)C2(C)CCNCC2O3)cc1. The van der Waals surface area contributed by atoms with Gasteiger partial charge < -0.3 is 15.4 Å². The number of benzene rings is 2. The predicted molar refractivity (Wildman–Crippen MR) is 102 cm³/mol. The summed E-state index contributed by atoms with van der Waals surface area (Å²) in [6.07, 6.45) is 0.927. The maximum absolute atomic E-state index is 13.1. The first kappa shape index (κ1) is 18.0. The Morgan fingerprint density at radius 2 is 1.89 bits per heavy atom. The molecule has 0 spiro atoms. The fraction of sp³-hybridized carbons (Fsp3) is 0.350. The van der Waals surface area contributed by atoms with Crippen molar-refractivity contribution in [1.82, 2.24) is 5.32 Å². The number of ether oxygens (including phenoxy) is 1. The molecule has 0 aliphatic carbocycles. The number of carbonyl (C=O) groups is 1. The van der Waals surface area contributed by atoms with Crippen molar-refractivity contribution in [2.45, 2.75) is 41.6 Å². The van der Waals surface area contributed by atoms with E-state index < -0.39 is 9.84 Å². The van der Waals surface area contributed by atoms with Gasteiger partial charge in [0, 0.05) is 30.1 Å². The summed E-state index contributed by atoms with van der Waals surface area (Å²) < 4.78 is 32.2. The number of piperidine rings is 1. The second kappa shape index (κ2) is 6.35. The van der Waals surface area contributed by atoms with Crippen LogP contribution >= 0.6 is 0 Å². The molecule has 142 valence electrons. The molecule has 2 unspecified atom stereocenters. The van der Waals surface area contributed by atoms with E-state index in [1.54, 1.807) is 30.3 Å². The van der Waals surface area contributed by atoms with Crippen molar-refractivity contribution in [3.05, 3.63) is 48.0 Å². The average molecular weight is 386 g/mol. The fourth-order valence-electron chi connectivity index (χ4n) is 3.88. The molecular weight excluding hydrogens is 364 g/mol. The summed E-state index contributed by atoms with van der Waals surface area (Å²) in [6.45, 7) is 5.20. The van der Waals surface area contributed by atoms with Gasteiger partial charge in [-0.15, -0.1) is 0 Å². The lowest BCUT2D eigenvalue weighted by molar-refractivity contribution is -0.114. The normalized spacial score (nSPS) is 23.9. The van der Waals surface area contributed by atoms with E-state index in [2.05, 4.69) is 17.6 Å². The molecule has 2 aromatic rings. The van der Waals surface area contributed by atoms with Crippen LogP contribution in [0.1, 0.15) is 25.8 Å². The summed E-state index contributed by atoms with van der Waals surface area (Å²) in [6, 6.07) is 11.3. The van der Waals surface area contributed by atoms with Crippen LogP contribution < -0.4 is 15.4 Å². The van der Waals surface area contributed by atoms with Gasteiger partial charge in [0.15, 0.2) is 0 Å². The van der Waals surface area contributed by atoms with E-state index in [0.29, 0.717) is 5.69 Å². The summed E-state index contributed by atoms with van der Waals surface area (Å²) in [5, 5.41) is 5.97. The second-order valence-corrected chi connectivity index (χ2v) is 9.29. The molecule has 0 bridgehead atoms. The van der Waals surface area contributed by atoms with E-state index in [0.717, 1.165) is 30.8 Å². The van der Waals surface area contributed by atoms with Crippen LogP contribution in [-0.4, -0.2) is 33.5 Å². The van der Waals surface area contributed by atoms with Gasteiger partial charge in [0.2, 0.25) is 15.7 Å². The predicted octanol–water partition coefficient (Wildman–Crippen LogP) is 2.49. The number of hydrogen-bond acceptors (Lipinski definition) is 5. The molecule has 0 saturated carbocycles. The zero-order valence-electron chi connectivity index (χ0n) is 15.3. The Hall–Kier alpha value is -2.38. The van der Waals surface area contributed by atoms with Gasteiger partial charge in [0.1, 0.15) is 11.9 Å². The van der Waals surface area contributed by atoms with Crippen molar-refractivity contribution >= 4 is 21.4 Å². The van der Waals surface area contributed by atoms with Gasteiger partial charge in [0.05, 0.1) is 9.79 Å². The minimum absolute atomic E-state index is 0.0242. The van der Waals surface area contributed by atoms with Crippen LogP contribution in [0.4, 0.5) is 5.69 Å². The molecule has 2 N–H and O–H groups in total. The van der Waals surface area contributed by atoms with Gasteiger partial charge in [-0.05, 0) is 55.4 Å². The van der Waals surface area contributed by atoms with Gasteiger partial charge in [-0.1, -0.05) is 6.92 Å². The quantitative estimate of drug-likeness (QED) is 0.847. The zero-order chi connectivity index (χ0) is 19.2. The van der Waals surface area contributed by atoms with E-state index in [-0.39, 0.29) is 27.2 Å². The molecule has 1 amide bonds. The minimum Gasteiger partial charge on any atom is -0.488 e. The van der Waals surface area contributed by atoms with Crippen LogP contribution in [0.15, 0.2) is 52.3 Å². The molecule has 0 radical (unpaired) electrons. The van der Waals surface area contributed by atoms with Gasteiger partial charge in [-0.25, -0.2) is 8.42 Å².